The van der Waals surface area contributed by atoms with Crippen LogP contribution in [0.15, 0.2) is 0 Å². The third kappa shape index (κ3) is 12.2. The second-order valence-electron chi connectivity index (χ2n) is 5.38. The van der Waals surface area contributed by atoms with Gasteiger partial charge < -0.3 is 10.5 Å². The minimum Gasteiger partial charge on any atom is -0.368 e. The Bertz CT molecular complexity index is 207. The van der Waals surface area contributed by atoms with Gasteiger partial charge in [0.25, 0.3) is 0 Å². The van der Waals surface area contributed by atoms with Crippen molar-refractivity contribution in [2.75, 3.05) is 6.61 Å². The fourth-order valence-electron chi connectivity index (χ4n) is 2.14. The van der Waals surface area contributed by atoms with Gasteiger partial charge in [0.1, 0.15) is 6.10 Å². The van der Waals surface area contributed by atoms with E-state index in [4.69, 9.17) is 10.5 Å². The molecule has 0 rings (SSSR count). The van der Waals surface area contributed by atoms with Crippen molar-refractivity contribution >= 4 is 5.91 Å². The van der Waals surface area contributed by atoms with Gasteiger partial charge in [-0.1, -0.05) is 71.6 Å². The summed E-state index contributed by atoms with van der Waals surface area (Å²) >= 11 is 0. The van der Waals surface area contributed by atoms with E-state index in [9.17, 15) is 4.79 Å². The molecule has 0 radical (unpaired) electrons. The first-order chi connectivity index (χ1) is 9.22. The summed E-state index contributed by atoms with van der Waals surface area (Å²) in [6, 6.07) is 0. The lowest BCUT2D eigenvalue weighted by Crippen LogP contribution is -2.31. The predicted octanol–water partition coefficient (Wildman–Crippen LogP) is 4.19. The number of nitrogens with two attached hydrogens (primary N) is 1. The molecule has 0 aliphatic rings. The third-order valence-corrected chi connectivity index (χ3v) is 3.45. The van der Waals surface area contributed by atoms with Gasteiger partial charge >= 0.3 is 0 Å². The number of carbonyl (C=O) groups excluding carboxylic acids is 1. The van der Waals surface area contributed by atoms with Crippen LogP contribution in [-0.2, 0) is 9.53 Å². The lowest BCUT2D eigenvalue weighted by molar-refractivity contribution is -0.130. The third-order valence-electron chi connectivity index (χ3n) is 3.45. The highest BCUT2D eigenvalue weighted by atomic mass is 16.5. The molecule has 0 aromatic rings. The van der Waals surface area contributed by atoms with Crippen molar-refractivity contribution in [1.29, 1.82) is 0 Å². The maximum absolute atomic E-state index is 11.2. The fraction of sp³-hybridized carbons (Fsp3) is 0.938. The van der Waals surface area contributed by atoms with Gasteiger partial charge in [0, 0.05) is 6.61 Å². The van der Waals surface area contributed by atoms with E-state index in [1.165, 1.54) is 44.9 Å². The molecule has 2 N–H and O–H groups in total. The Hall–Kier alpha value is -0.570. The molecule has 0 bridgehead atoms. The van der Waals surface area contributed by atoms with Crippen molar-refractivity contribution in [3.05, 3.63) is 0 Å². The fourth-order valence-corrected chi connectivity index (χ4v) is 2.14. The molecule has 114 valence electrons. The maximum atomic E-state index is 11.2. The number of amides is 1. The summed E-state index contributed by atoms with van der Waals surface area (Å²) in [5, 5.41) is 0. The van der Waals surface area contributed by atoms with E-state index in [0.717, 1.165) is 25.7 Å². The Labute approximate surface area is 119 Å². The molecule has 1 amide bonds. The molecule has 0 aromatic heterocycles. The van der Waals surface area contributed by atoms with E-state index < -0.39 is 0 Å². The number of hydrogen-bond donors (Lipinski definition) is 1. The maximum Gasteiger partial charge on any atom is 0.246 e. The highest BCUT2D eigenvalue weighted by Crippen LogP contribution is 2.12. The Morgan fingerprint density at radius 1 is 0.895 bits per heavy atom. The smallest absolute Gasteiger partial charge is 0.246 e. The number of primary amides is 1. The van der Waals surface area contributed by atoms with Crippen molar-refractivity contribution in [1.82, 2.24) is 0 Å². The summed E-state index contributed by atoms with van der Waals surface area (Å²) in [5.74, 6) is -0.306. The zero-order chi connectivity index (χ0) is 14.3. The average Bonchev–Trinajstić information content (AvgIpc) is 2.39. The summed E-state index contributed by atoms with van der Waals surface area (Å²) in [6.07, 6.45) is 12.7. The lowest BCUT2D eigenvalue weighted by atomic mass is 10.1. The second kappa shape index (κ2) is 13.9. The molecule has 3 nitrogen and oxygen atoms in total. The topological polar surface area (TPSA) is 52.3 Å². The number of rotatable bonds is 14. The zero-order valence-electron chi connectivity index (χ0n) is 13.0. The Morgan fingerprint density at radius 2 is 1.42 bits per heavy atom. The standard InChI is InChI=1S/C16H33NO2/c1-3-5-7-8-9-10-11-12-13-15(16(17)18)19-14-6-4-2/h15H,3-14H2,1-2H3,(H2,17,18). The van der Waals surface area contributed by atoms with Gasteiger partial charge in [-0.15, -0.1) is 0 Å². The van der Waals surface area contributed by atoms with Crippen LogP contribution in [0.4, 0.5) is 0 Å². The van der Waals surface area contributed by atoms with E-state index in [1.54, 1.807) is 0 Å². The second-order valence-corrected chi connectivity index (χ2v) is 5.38. The van der Waals surface area contributed by atoms with Crippen LogP contribution in [0.2, 0.25) is 0 Å². The molecule has 3 heteroatoms. The molecular weight excluding hydrogens is 238 g/mol. The van der Waals surface area contributed by atoms with Gasteiger partial charge in [-0.2, -0.15) is 0 Å². The van der Waals surface area contributed by atoms with Gasteiger partial charge in [-0.25, -0.2) is 0 Å². The van der Waals surface area contributed by atoms with Crippen LogP contribution >= 0.6 is 0 Å². The van der Waals surface area contributed by atoms with Crippen LogP contribution in [0.25, 0.3) is 0 Å². The molecule has 0 spiro atoms. The first-order valence-corrected chi connectivity index (χ1v) is 8.13. The van der Waals surface area contributed by atoms with Gasteiger partial charge in [-0.3, -0.25) is 4.79 Å². The van der Waals surface area contributed by atoms with Crippen LogP contribution < -0.4 is 5.73 Å². The molecule has 0 aliphatic carbocycles. The zero-order valence-corrected chi connectivity index (χ0v) is 13.0. The monoisotopic (exact) mass is 271 g/mol. The Kier molecular flexibility index (Phi) is 13.4. The van der Waals surface area contributed by atoms with Gasteiger partial charge in [0.2, 0.25) is 5.91 Å². The van der Waals surface area contributed by atoms with Crippen molar-refractivity contribution in [2.45, 2.75) is 90.6 Å². The van der Waals surface area contributed by atoms with E-state index in [-0.39, 0.29) is 12.0 Å². The molecule has 0 fully saturated rings. The van der Waals surface area contributed by atoms with E-state index >= 15 is 0 Å². The highest BCUT2D eigenvalue weighted by Gasteiger charge is 2.14. The van der Waals surface area contributed by atoms with Crippen molar-refractivity contribution in [3.8, 4) is 0 Å². The van der Waals surface area contributed by atoms with Gasteiger partial charge in [-0.05, 0) is 12.8 Å². The Morgan fingerprint density at radius 3 is 1.95 bits per heavy atom. The van der Waals surface area contributed by atoms with Crippen molar-refractivity contribution in [2.24, 2.45) is 5.73 Å². The molecule has 0 saturated carbocycles. The van der Waals surface area contributed by atoms with Crippen molar-refractivity contribution in [3.63, 3.8) is 0 Å². The SMILES string of the molecule is CCCCCCCCCCC(OCCCC)C(N)=O. The summed E-state index contributed by atoms with van der Waals surface area (Å²) in [6.45, 7) is 5.00. The summed E-state index contributed by atoms with van der Waals surface area (Å²) in [7, 11) is 0. The van der Waals surface area contributed by atoms with E-state index in [0.29, 0.717) is 6.61 Å². The Balaban J connectivity index is 3.45. The normalized spacial score (nSPS) is 12.5. The summed E-state index contributed by atoms with van der Waals surface area (Å²) in [4.78, 5) is 11.2. The first-order valence-electron chi connectivity index (χ1n) is 8.13. The number of ether oxygens (including phenoxy) is 1. The molecular formula is C16H33NO2. The average molecular weight is 271 g/mol. The number of hydrogen-bond acceptors (Lipinski definition) is 2. The largest absolute Gasteiger partial charge is 0.368 e. The van der Waals surface area contributed by atoms with Gasteiger partial charge in [0.15, 0.2) is 0 Å². The molecule has 0 heterocycles. The molecule has 1 unspecified atom stereocenters. The van der Waals surface area contributed by atoms with Crippen LogP contribution in [-0.4, -0.2) is 18.6 Å². The minimum atomic E-state index is -0.369. The molecule has 1 atom stereocenters. The van der Waals surface area contributed by atoms with Crippen molar-refractivity contribution < 1.29 is 9.53 Å². The highest BCUT2D eigenvalue weighted by molar-refractivity contribution is 5.78. The lowest BCUT2D eigenvalue weighted by Gasteiger charge is -2.14. The minimum absolute atomic E-state index is 0.306. The molecule has 0 aromatic carbocycles. The van der Waals surface area contributed by atoms with Crippen LogP contribution in [0.5, 0.6) is 0 Å². The van der Waals surface area contributed by atoms with E-state index in [2.05, 4.69) is 13.8 Å². The number of unbranched alkanes of at least 4 members (excludes halogenated alkanes) is 8. The molecule has 0 aliphatic heterocycles. The molecule has 19 heavy (non-hydrogen) atoms. The van der Waals surface area contributed by atoms with Gasteiger partial charge in [0.05, 0.1) is 0 Å². The van der Waals surface area contributed by atoms with Crippen LogP contribution in [0.3, 0.4) is 0 Å². The summed E-state index contributed by atoms with van der Waals surface area (Å²) < 4.78 is 5.53. The van der Waals surface area contributed by atoms with E-state index in [1.807, 2.05) is 0 Å². The quantitative estimate of drug-likeness (QED) is 0.482. The van der Waals surface area contributed by atoms with Crippen LogP contribution in [0, 0.1) is 0 Å². The molecule has 0 saturated heterocycles. The van der Waals surface area contributed by atoms with Crippen LogP contribution in [0.1, 0.15) is 84.5 Å². The predicted molar refractivity (Wildman–Crippen MR) is 81.1 cm³/mol. The first kappa shape index (κ1) is 18.4. The summed E-state index contributed by atoms with van der Waals surface area (Å²) in [5.41, 5.74) is 5.35. The number of carbonyl (C=O) groups is 1.